The van der Waals surface area contributed by atoms with Crippen LogP contribution >= 0.6 is 0 Å². The third-order valence-electron chi connectivity index (χ3n) is 5.88. The molecule has 0 amide bonds. The van der Waals surface area contributed by atoms with Gasteiger partial charge >= 0.3 is 0 Å². The second-order valence-corrected chi connectivity index (χ2v) is 7.60. The molecule has 1 aromatic heterocycles. The molecule has 134 valence electrons. The zero-order valence-corrected chi connectivity index (χ0v) is 14.8. The molecule has 5 nitrogen and oxygen atoms in total. The number of aliphatic hydroxyl groups is 1. The maximum Gasteiger partial charge on any atom is 0.0706 e. The van der Waals surface area contributed by atoms with Crippen molar-refractivity contribution >= 4 is 0 Å². The molecular weight excluding hydrogens is 314 g/mol. The molecule has 2 N–H and O–H groups in total. The summed E-state index contributed by atoms with van der Waals surface area (Å²) in [7, 11) is 0. The fraction of sp³-hybridized carbons (Fsp3) is 0.550. The number of hydrogen-bond donors (Lipinski definition) is 2. The maximum atomic E-state index is 10.8. The van der Waals surface area contributed by atoms with E-state index in [9.17, 15) is 5.11 Å². The first-order chi connectivity index (χ1) is 12.1. The zero-order valence-electron chi connectivity index (χ0n) is 14.8. The topological polar surface area (TPSA) is 61.4 Å². The van der Waals surface area contributed by atoms with Crippen molar-refractivity contribution in [1.82, 2.24) is 15.1 Å². The summed E-state index contributed by atoms with van der Waals surface area (Å²) in [5.74, 6) is 0.177. The van der Waals surface area contributed by atoms with Crippen LogP contribution in [0.4, 0.5) is 0 Å². The van der Waals surface area contributed by atoms with E-state index in [1.807, 2.05) is 19.2 Å². The molecule has 1 aromatic carbocycles. The highest BCUT2D eigenvalue weighted by molar-refractivity contribution is 5.62. The average Bonchev–Trinajstić information content (AvgIpc) is 3.25. The van der Waals surface area contributed by atoms with E-state index in [-0.39, 0.29) is 5.92 Å². The lowest BCUT2D eigenvalue weighted by molar-refractivity contribution is -0.123. The number of ether oxygens (including phenoxy) is 1. The Morgan fingerprint density at radius 2 is 2.20 bits per heavy atom. The van der Waals surface area contributed by atoms with Crippen LogP contribution in [-0.4, -0.2) is 51.6 Å². The minimum absolute atomic E-state index is 0.177. The Hall–Kier alpha value is -1.69. The van der Waals surface area contributed by atoms with Gasteiger partial charge in [-0.3, -0.25) is 10.00 Å². The lowest BCUT2D eigenvalue weighted by Crippen LogP contribution is -2.52. The molecule has 25 heavy (non-hydrogen) atoms. The van der Waals surface area contributed by atoms with E-state index in [4.69, 9.17) is 4.74 Å². The zero-order chi connectivity index (χ0) is 17.3. The first kappa shape index (κ1) is 16.8. The van der Waals surface area contributed by atoms with E-state index >= 15 is 0 Å². The molecule has 5 heteroatoms. The molecule has 2 aromatic rings. The van der Waals surface area contributed by atoms with Crippen molar-refractivity contribution in [1.29, 1.82) is 0 Å². The van der Waals surface area contributed by atoms with Crippen molar-refractivity contribution in [3.8, 4) is 11.3 Å². The van der Waals surface area contributed by atoms with Crippen LogP contribution in [0.3, 0.4) is 0 Å². The van der Waals surface area contributed by atoms with Gasteiger partial charge in [0.2, 0.25) is 0 Å². The molecule has 2 aliphatic heterocycles. The molecule has 3 unspecified atom stereocenters. The van der Waals surface area contributed by atoms with Gasteiger partial charge in [0, 0.05) is 30.7 Å². The first-order valence-corrected chi connectivity index (χ1v) is 9.27. The molecule has 0 spiro atoms. The summed E-state index contributed by atoms with van der Waals surface area (Å²) in [6, 6.07) is 10.7. The van der Waals surface area contributed by atoms with E-state index in [0.717, 1.165) is 31.6 Å². The molecule has 2 aliphatic rings. The van der Waals surface area contributed by atoms with Gasteiger partial charge in [-0.15, -0.1) is 0 Å². The predicted octanol–water partition coefficient (Wildman–Crippen LogP) is 2.83. The Morgan fingerprint density at radius 1 is 1.36 bits per heavy atom. The van der Waals surface area contributed by atoms with Crippen molar-refractivity contribution in [3.05, 3.63) is 42.1 Å². The number of nitrogens with zero attached hydrogens (tertiary/aromatic N) is 2. The van der Waals surface area contributed by atoms with Crippen LogP contribution in [0.2, 0.25) is 0 Å². The number of likely N-dealkylation sites (tertiary alicyclic amines) is 1. The predicted molar refractivity (Wildman–Crippen MR) is 97.0 cm³/mol. The van der Waals surface area contributed by atoms with Crippen LogP contribution in [0, 0.1) is 5.92 Å². The van der Waals surface area contributed by atoms with Gasteiger partial charge in [0.15, 0.2) is 0 Å². The fourth-order valence-electron chi connectivity index (χ4n) is 4.39. The number of aromatic amines is 1. The van der Waals surface area contributed by atoms with Crippen LogP contribution in [0.1, 0.15) is 31.7 Å². The smallest absolute Gasteiger partial charge is 0.0706 e. The third kappa shape index (κ3) is 3.36. The van der Waals surface area contributed by atoms with Gasteiger partial charge in [0.1, 0.15) is 0 Å². The van der Waals surface area contributed by atoms with E-state index in [1.165, 1.54) is 17.5 Å². The third-order valence-corrected chi connectivity index (χ3v) is 5.88. The van der Waals surface area contributed by atoms with Crippen molar-refractivity contribution in [2.75, 3.05) is 19.8 Å². The summed E-state index contributed by atoms with van der Waals surface area (Å²) < 4.78 is 5.70. The van der Waals surface area contributed by atoms with Crippen LogP contribution < -0.4 is 0 Å². The van der Waals surface area contributed by atoms with Gasteiger partial charge in [-0.1, -0.05) is 30.3 Å². The molecule has 2 fully saturated rings. The Kier molecular flexibility index (Phi) is 4.63. The number of nitrogens with one attached hydrogen (secondary N) is 1. The molecule has 2 saturated heterocycles. The molecule has 0 saturated carbocycles. The Labute approximate surface area is 149 Å². The van der Waals surface area contributed by atoms with Gasteiger partial charge in [-0.05, 0) is 38.3 Å². The summed E-state index contributed by atoms with van der Waals surface area (Å²) in [6.07, 6.45) is 4.97. The average molecular weight is 341 g/mol. The van der Waals surface area contributed by atoms with Crippen LogP contribution in [0.25, 0.3) is 11.3 Å². The largest absolute Gasteiger partial charge is 0.390 e. The molecule has 0 radical (unpaired) electrons. The van der Waals surface area contributed by atoms with E-state index in [2.05, 4.69) is 39.4 Å². The number of benzene rings is 1. The van der Waals surface area contributed by atoms with E-state index < -0.39 is 5.60 Å². The lowest BCUT2D eigenvalue weighted by atomic mass is 9.79. The summed E-state index contributed by atoms with van der Waals surface area (Å²) in [6.45, 7) is 5.22. The van der Waals surface area contributed by atoms with Crippen molar-refractivity contribution in [3.63, 3.8) is 0 Å². The highest BCUT2D eigenvalue weighted by Crippen LogP contribution is 2.37. The molecule has 3 atom stereocenters. The molecule has 4 rings (SSSR count). The Bertz CT molecular complexity index is 698. The van der Waals surface area contributed by atoms with Gasteiger partial charge in [-0.25, -0.2) is 0 Å². The van der Waals surface area contributed by atoms with Gasteiger partial charge in [-0.2, -0.15) is 5.10 Å². The van der Waals surface area contributed by atoms with Crippen LogP contribution in [-0.2, 0) is 11.3 Å². The van der Waals surface area contributed by atoms with Crippen molar-refractivity contribution < 1.29 is 9.84 Å². The van der Waals surface area contributed by atoms with Gasteiger partial charge < -0.3 is 9.84 Å². The van der Waals surface area contributed by atoms with E-state index in [1.54, 1.807) is 0 Å². The minimum Gasteiger partial charge on any atom is -0.390 e. The Morgan fingerprint density at radius 3 is 3.00 bits per heavy atom. The number of hydrogen-bond acceptors (Lipinski definition) is 4. The molecule has 3 heterocycles. The SMILES string of the molecule is CC1(O)CCOCC1C1CCCN1Cc1cn[nH]c1-c1ccccc1. The molecular formula is C20H27N3O2. The maximum absolute atomic E-state index is 10.8. The first-order valence-electron chi connectivity index (χ1n) is 9.27. The molecule has 0 bridgehead atoms. The van der Waals surface area contributed by atoms with E-state index in [0.29, 0.717) is 19.3 Å². The number of rotatable bonds is 4. The van der Waals surface area contributed by atoms with Gasteiger partial charge in [0.25, 0.3) is 0 Å². The number of H-pyrrole nitrogens is 1. The van der Waals surface area contributed by atoms with Crippen molar-refractivity contribution in [2.24, 2.45) is 5.92 Å². The summed E-state index contributed by atoms with van der Waals surface area (Å²) in [4.78, 5) is 2.51. The Balaban J connectivity index is 1.54. The fourth-order valence-corrected chi connectivity index (χ4v) is 4.39. The summed E-state index contributed by atoms with van der Waals surface area (Å²) in [5, 5.41) is 18.3. The second kappa shape index (κ2) is 6.90. The normalized spacial score (nSPS) is 30.6. The standard InChI is InChI=1S/C20H27N3O2/c1-20(24)9-11-25-14-17(20)18-8-5-10-23(18)13-16-12-21-22-19(16)15-6-3-2-4-7-15/h2-4,6-7,12,17-18,24H,5,8-11,13-14H2,1H3,(H,21,22). The van der Waals surface area contributed by atoms with Crippen LogP contribution in [0.5, 0.6) is 0 Å². The van der Waals surface area contributed by atoms with Gasteiger partial charge in [0.05, 0.1) is 24.1 Å². The lowest BCUT2D eigenvalue weighted by Gasteiger charge is -2.43. The quantitative estimate of drug-likeness (QED) is 0.898. The summed E-state index contributed by atoms with van der Waals surface area (Å²) in [5.41, 5.74) is 2.84. The summed E-state index contributed by atoms with van der Waals surface area (Å²) >= 11 is 0. The van der Waals surface area contributed by atoms with Crippen LogP contribution in [0.15, 0.2) is 36.5 Å². The highest BCUT2D eigenvalue weighted by atomic mass is 16.5. The molecule has 0 aliphatic carbocycles. The van der Waals surface area contributed by atoms with Crippen molar-refractivity contribution in [2.45, 2.75) is 44.4 Å². The minimum atomic E-state index is -0.635. The highest BCUT2D eigenvalue weighted by Gasteiger charge is 2.44. The number of aromatic nitrogens is 2. The second-order valence-electron chi connectivity index (χ2n) is 7.60. The monoisotopic (exact) mass is 341 g/mol.